The van der Waals surface area contributed by atoms with Crippen LogP contribution >= 0.6 is 0 Å². The molecule has 26 heavy (non-hydrogen) atoms. The molecule has 2 rings (SSSR count). The van der Waals surface area contributed by atoms with Crippen LogP contribution in [0.1, 0.15) is 49.4 Å². The molecule has 5 nitrogen and oxygen atoms in total. The van der Waals surface area contributed by atoms with E-state index in [2.05, 4.69) is 4.72 Å². The molecule has 0 fully saturated rings. The zero-order valence-corrected chi connectivity index (χ0v) is 17.0. The van der Waals surface area contributed by atoms with E-state index < -0.39 is 10.0 Å². The summed E-state index contributed by atoms with van der Waals surface area (Å²) in [7, 11) is -0.479. The lowest BCUT2D eigenvalue weighted by Gasteiger charge is -2.19. The molecule has 0 radical (unpaired) electrons. The summed E-state index contributed by atoms with van der Waals surface area (Å²) in [5, 5.41) is 0. The highest BCUT2D eigenvalue weighted by atomic mass is 32.2. The van der Waals surface area contributed by atoms with E-state index in [0.29, 0.717) is 11.3 Å². The third-order valence-corrected chi connectivity index (χ3v) is 6.07. The standard InChI is InChI=1S/C20H27NO4S/c1-13(2)18-12-20(14(3)11-19(18)25-6)26(22,23)21-15(4)16-7-9-17(24-5)10-8-16/h7-13,15,21H,1-6H3/t15-/m0/s1. The molecule has 2 aromatic rings. The van der Waals surface area contributed by atoms with Crippen molar-refractivity contribution in [2.75, 3.05) is 14.2 Å². The number of aryl methyl sites for hydroxylation is 1. The van der Waals surface area contributed by atoms with Gasteiger partial charge in [-0.1, -0.05) is 26.0 Å². The van der Waals surface area contributed by atoms with Crippen molar-refractivity contribution in [3.8, 4) is 11.5 Å². The average molecular weight is 378 g/mol. The maximum absolute atomic E-state index is 13.0. The normalized spacial score (nSPS) is 12.9. The second-order valence-corrected chi connectivity index (χ2v) is 8.31. The zero-order chi connectivity index (χ0) is 19.5. The molecule has 0 bridgehead atoms. The predicted octanol–water partition coefficient (Wildman–Crippen LogP) is 4.18. The van der Waals surface area contributed by atoms with Crippen LogP contribution in [0.2, 0.25) is 0 Å². The van der Waals surface area contributed by atoms with E-state index in [-0.39, 0.29) is 16.9 Å². The Kier molecular flexibility index (Phi) is 6.31. The minimum atomic E-state index is -3.67. The van der Waals surface area contributed by atoms with Gasteiger partial charge in [0.25, 0.3) is 0 Å². The van der Waals surface area contributed by atoms with Crippen LogP contribution in [-0.2, 0) is 10.0 Å². The fourth-order valence-corrected chi connectivity index (χ4v) is 4.35. The van der Waals surface area contributed by atoms with E-state index in [0.717, 1.165) is 16.9 Å². The minimum Gasteiger partial charge on any atom is -0.497 e. The van der Waals surface area contributed by atoms with Gasteiger partial charge in [-0.05, 0) is 60.7 Å². The molecule has 142 valence electrons. The van der Waals surface area contributed by atoms with Crippen molar-refractivity contribution >= 4 is 10.0 Å². The van der Waals surface area contributed by atoms with Crippen molar-refractivity contribution in [3.05, 3.63) is 53.1 Å². The SMILES string of the molecule is COc1ccc([C@H](C)NS(=O)(=O)c2cc(C(C)C)c(OC)cc2C)cc1. The Labute approximate surface area is 156 Å². The van der Waals surface area contributed by atoms with Gasteiger partial charge in [-0.3, -0.25) is 0 Å². The summed E-state index contributed by atoms with van der Waals surface area (Å²) < 4.78 is 39.2. The van der Waals surface area contributed by atoms with Crippen molar-refractivity contribution in [1.29, 1.82) is 0 Å². The smallest absolute Gasteiger partial charge is 0.241 e. The van der Waals surface area contributed by atoms with Gasteiger partial charge >= 0.3 is 0 Å². The van der Waals surface area contributed by atoms with Gasteiger partial charge in [0.2, 0.25) is 10.0 Å². The first-order valence-electron chi connectivity index (χ1n) is 8.54. The average Bonchev–Trinajstić information content (AvgIpc) is 2.60. The number of hydrogen-bond donors (Lipinski definition) is 1. The third kappa shape index (κ3) is 4.37. The molecule has 1 atom stereocenters. The van der Waals surface area contributed by atoms with Gasteiger partial charge in [-0.15, -0.1) is 0 Å². The van der Waals surface area contributed by atoms with Gasteiger partial charge in [-0.2, -0.15) is 0 Å². The zero-order valence-electron chi connectivity index (χ0n) is 16.2. The van der Waals surface area contributed by atoms with Gasteiger partial charge in [0.15, 0.2) is 0 Å². The molecule has 0 heterocycles. The van der Waals surface area contributed by atoms with Gasteiger partial charge in [0, 0.05) is 6.04 Å². The minimum absolute atomic E-state index is 0.151. The van der Waals surface area contributed by atoms with E-state index >= 15 is 0 Å². The van der Waals surface area contributed by atoms with E-state index in [1.807, 2.05) is 45.0 Å². The van der Waals surface area contributed by atoms with Gasteiger partial charge < -0.3 is 9.47 Å². The molecule has 0 saturated carbocycles. The highest BCUT2D eigenvalue weighted by Gasteiger charge is 2.23. The third-order valence-electron chi connectivity index (χ3n) is 4.39. The van der Waals surface area contributed by atoms with E-state index in [1.165, 1.54) is 0 Å². The van der Waals surface area contributed by atoms with Crippen molar-refractivity contribution in [3.63, 3.8) is 0 Å². The number of sulfonamides is 1. The predicted molar refractivity (Wildman–Crippen MR) is 104 cm³/mol. The molecule has 0 amide bonds. The molecule has 0 spiro atoms. The molecule has 0 aliphatic rings. The first kappa shape index (κ1) is 20.3. The lowest BCUT2D eigenvalue weighted by atomic mass is 10.0. The van der Waals surface area contributed by atoms with Crippen LogP contribution < -0.4 is 14.2 Å². The molecular weight excluding hydrogens is 350 g/mol. The lowest BCUT2D eigenvalue weighted by molar-refractivity contribution is 0.406. The number of benzene rings is 2. The number of hydrogen-bond acceptors (Lipinski definition) is 4. The topological polar surface area (TPSA) is 64.6 Å². The fourth-order valence-electron chi connectivity index (χ4n) is 2.85. The summed E-state index contributed by atoms with van der Waals surface area (Å²) >= 11 is 0. The highest BCUT2D eigenvalue weighted by Crippen LogP contribution is 2.32. The van der Waals surface area contributed by atoms with Crippen molar-refractivity contribution < 1.29 is 17.9 Å². The molecule has 0 aromatic heterocycles. The number of rotatable bonds is 7. The summed E-state index contributed by atoms with van der Waals surface area (Å²) in [4.78, 5) is 0.280. The van der Waals surface area contributed by atoms with Crippen LogP contribution in [0.15, 0.2) is 41.3 Å². The highest BCUT2D eigenvalue weighted by molar-refractivity contribution is 7.89. The maximum atomic E-state index is 13.0. The molecule has 1 N–H and O–H groups in total. The Morgan fingerprint density at radius 2 is 1.58 bits per heavy atom. The summed E-state index contributed by atoms with van der Waals surface area (Å²) in [6.45, 7) is 7.62. The van der Waals surface area contributed by atoms with Crippen molar-refractivity contribution in [2.45, 2.75) is 44.6 Å². The maximum Gasteiger partial charge on any atom is 0.241 e. The Hall–Kier alpha value is -2.05. The van der Waals surface area contributed by atoms with Crippen LogP contribution in [-0.4, -0.2) is 22.6 Å². The van der Waals surface area contributed by atoms with Crippen molar-refractivity contribution in [1.82, 2.24) is 4.72 Å². The number of methoxy groups -OCH3 is 2. The Bertz CT molecular complexity index is 858. The Morgan fingerprint density at radius 3 is 2.08 bits per heavy atom. The summed E-state index contributed by atoms with van der Waals surface area (Å²) in [5.41, 5.74) is 2.39. The molecule has 2 aromatic carbocycles. The summed E-state index contributed by atoms with van der Waals surface area (Å²) in [5.74, 6) is 1.59. The largest absolute Gasteiger partial charge is 0.497 e. The van der Waals surface area contributed by atoms with Crippen LogP contribution in [0.4, 0.5) is 0 Å². The second-order valence-electron chi connectivity index (χ2n) is 6.63. The van der Waals surface area contributed by atoms with Gasteiger partial charge in [-0.25, -0.2) is 13.1 Å². The molecule has 6 heteroatoms. The monoisotopic (exact) mass is 377 g/mol. The fraction of sp³-hybridized carbons (Fsp3) is 0.400. The van der Waals surface area contributed by atoms with E-state index in [1.54, 1.807) is 33.3 Å². The molecular formula is C20H27NO4S. The Balaban J connectivity index is 2.35. The Morgan fingerprint density at radius 1 is 0.962 bits per heavy atom. The second kappa shape index (κ2) is 8.10. The van der Waals surface area contributed by atoms with Gasteiger partial charge in [0.1, 0.15) is 11.5 Å². The van der Waals surface area contributed by atoms with Crippen molar-refractivity contribution in [2.24, 2.45) is 0 Å². The number of nitrogens with one attached hydrogen (secondary N) is 1. The molecule has 0 saturated heterocycles. The molecule has 0 unspecified atom stereocenters. The summed E-state index contributed by atoms with van der Waals surface area (Å²) in [6, 6.07) is 10.5. The quantitative estimate of drug-likeness (QED) is 0.786. The van der Waals surface area contributed by atoms with Crippen LogP contribution in [0.3, 0.4) is 0 Å². The molecule has 0 aliphatic heterocycles. The van der Waals surface area contributed by atoms with Gasteiger partial charge in [0.05, 0.1) is 19.1 Å². The van der Waals surface area contributed by atoms with Crippen LogP contribution in [0.5, 0.6) is 11.5 Å². The number of ether oxygens (including phenoxy) is 2. The molecule has 0 aliphatic carbocycles. The van der Waals surface area contributed by atoms with E-state index in [4.69, 9.17) is 9.47 Å². The lowest BCUT2D eigenvalue weighted by Crippen LogP contribution is -2.27. The first-order chi connectivity index (χ1) is 12.2. The van der Waals surface area contributed by atoms with Crippen LogP contribution in [0, 0.1) is 6.92 Å². The first-order valence-corrected chi connectivity index (χ1v) is 10.0. The summed E-state index contributed by atoms with van der Waals surface area (Å²) in [6.07, 6.45) is 0. The van der Waals surface area contributed by atoms with Crippen LogP contribution in [0.25, 0.3) is 0 Å². The van der Waals surface area contributed by atoms with E-state index in [9.17, 15) is 8.42 Å².